The van der Waals surface area contributed by atoms with Crippen molar-refractivity contribution in [2.75, 3.05) is 0 Å². The highest BCUT2D eigenvalue weighted by molar-refractivity contribution is 7.09. The van der Waals surface area contributed by atoms with E-state index in [0.29, 0.717) is 23.8 Å². The van der Waals surface area contributed by atoms with Crippen molar-refractivity contribution in [2.24, 2.45) is 11.7 Å². The van der Waals surface area contributed by atoms with Crippen LogP contribution in [0.4, 0.5) is 0 Å². The number of H-pyrrole nitrogens is 1. The van der Waals surface area contributed by atoms with E-state index in [4.69, 9.17) is 5.73 Å². The van der Waals surface area contributed by atoms with Gasteiger partial charge in [0.25, 0.3) is 0 Å². The zero-order chi connectivity index (χ0) is 16.8. The van der Waals surface area contributed by atoms with Gasteiger partial charge in [-0.25, -0.2) is 9.97 Å². The van der Waals surface area contributed by atoms with Gasteiger partial charge in [-0.1, -0.05) is 13.8 Å². The molecular weight excluding hydrogens is 314 g/mol. The Morgan fingerprint density at radius 3 is 2.83 bits per heavy atom. The minimum absolute atomic E-state index is 0.297. The molecule has 3 atom stereocenters. The Bertz CT molecular complexity index is 585. The van der Waals surface area contributed by atoms with E-state index >= 15 is 0 Å². The summed E-state index contributed by atoms with van der Waals surface area (Å²) in [6.07, 6.45) is 5.05. The van der Waals surface area contributed by atoms with Gasteiger partial charge in [0.05, 0.1) is 24.1 Å². The van der Waals surface area contributed by atoms with Crippen LogP contribution in [0.3, 0.4) is 0 Å². The minimum atomic E-state index is -0.834. The van der Waals surface area contributed by atoms with E-state index in [1.807, 2.05) is 13.8 Å². The summed E-state index contributed by atoms with van der Waals surface area (Å²) >= 11 is 1.37. The number of amides is 1. The topological polar surface area (TPSA) is 117 Å². The number of hydrogen-bond donors (Lipinski definition) is 4. The molecule has 0 aliphatic carbocycles. The van der Waals surface area contributed by atoms with Crippen molar-refractivity contribution < 1.29 is 9.90 Å². The highest BCUT2D eigenvalue weighted by Gasteiger charge is 2.27. The summed E-state index contributed by atoms with van der Waals surface area (Å²) in [6.45, 7) is 4.08. The first-order valence-corrected chi connectivity index (χ1v) is 8.46. The standard InChI is InChI=1S/C15H23N5O2S/c1-9(2)5-12(13(21)15-18-3-4-23-15)20-14(22)11(16)6-10-7-17-8-19-10/h3-4,7-9,11-13,21H,5-6,16H2,1-2H3,(H,17,19)(H,20,22)/t11-,12+,13-/m0/s1. The maximum atomic E-state index is 12.3. The van der Waals surface area contributed by atoms with Gasteiger partial charge in [-0.15, -0.1) is 11.3 Å². The molecule has 1 amide bonds. The molecule has 0 fully saturated rings. The van der Waals surface area contributed by atoms with Gasteiger partial charge < -0.3 is 21.1 Å². The molecule has 2 aromatic heterocycles. The maximum absolute atomic E-state index is 12.3. The number of rotatable bonds is 8. The second-order valence-corrected chi connectivity index (χ2v) is 6.86. The molecule has 2 heterocycles. The second-order valence-electron chi connectivity index (χ2n) is 5.93. The van der Waals surface area contributed by atoms with Gasteiger partial charge in [-0.3, -0.25) is 4.79 Å². The Morgan fingerprint density at radius 2 is 2.26 bits per heavy atom. The first-order chi connectivity index (χ1) is 11.0. The third-order valence-corrected chi connectivity index (χ3v) is 4.31. The van der Waals surface area contributed by atoms with E-state index in [0.717, 1.165) is 5.69 Å². The number of nitrogens with two attached hydrogens (primary N) is 1. The number of hydrogen-bond acceptors (Lipinski definition) is 6. The van der Waals surface area contributed by atoms with Crippen LogP contribution in [0.5, 0.6) is 0 Å². The van der Waals surface area contributed by atoms with E-state index in [9.17, 15) is 9.90 Å². The molecule has 0 saturated heterocycles. The van der Waals surface area contributed by atoms with Crippen LogP contribution in [-0.4, -0.2) is 38.0 Å². The fourth-order valence-electron chi connectivity index (χ4n) is 2.34. The quantitative estimate of drug-likeness (QED) is 0.573. The van der Waals surface area contributed by atoms with Gasteiger partial charge in [0, 0.05) is 24.2 Å². The largest absolute Gasteiger partial charge is 0.384 e. The van der Waals surface area contributed by atoms with Crippen LogP contribution in [0.25, 0.3) is 0 Å². The molecule has 0 bridgehead atoms. The lowest BCUT2D eigenvalue weighted by Crippen LogP contribution is -2.48. The van der Waals surface area contributed by atoms with E-state index in [-0.39, 0.29) is 5.91 Å². The van der Waals surface area contributed by atoms with Gasteiger partial charge in [0.1, 0.15) is 11.1 Å². The Balaban J connectivity index is 2.00. The van der Waals surface area contributed by atoms with Crippen LogP contribution in [-0.2, 0) is 11.2 Å². The average molecular weight is 337 g/mol. The number of aromatic nitrogens is 3. The Labute approximate surface area is 139 Å². The molecule has 0 aliphatic rings. The van der Waals surface area contributed by atoms with E-state index in [1.165, 1.54) is 11.3 Å². The summed E-state index contributed by atoms with van der Waals surface area (Å²) in [5, 5.41) is 15.7. The molecule has 23 heavy (non-hydrogen) atoms. The molecule has 0 spiro atoms. The molecular formula is C15H23N5O2S. The van der Waals surface area contributed by atoms with Crippen molar-refractivity contribution in [1.82, 2.24) is 20.3 Å². The lowest BCUT2D eigenvalue weighted by molar-refractivity contribution is -0.124. The number of nitrogens with one attached hydrogen (secondary N) is 2. The molecule has 0 saturated carbocycles. The Hall–Kier alpha value is -1.77. The molecule has 5 N–H and O–H groups in total. The smallest absolute Gasteiger partial charge is 0.237 e. The average Bonchev–Trinajstić information content (AvgIpc) is 3.18. The zero-order valence-electron chi connectivity index (χ0n) is 13.3. The zero-order valence-corrected chi connectivity index (χ0v) is 14.1. The van der Waals surface area contributed by atoms with E-state index in [1.54, 1.807) is 24.1 Å². The SMILES string of the molecule is CC(C)C[C@@H](NC(=O)[C@@H](N)Cc1c[nH]cn1)[C@H](O)c1nccs1. The number of thiazole rings is 1. The molecule has 0 aromatic carbocycles. The number of aliphatic hydroxyl groups excluding tert-OH is 1. The predicted molar refractivity (Wildman–Crippen MR) is 88.7 cm³/mol. The maximum Gasteiger partial charge on any atom is 0.237 e. The van der Waals surface area contributed by atoms with Gasteiger partial charge >= 0.3 is 0 Å². The monoisotopic (exact) mass is 337 g/mol. The van der Waals surface area contributed by atoms with Gasteiger partial charge in [-0.05, 0) is 12.3 Å². The highest BCUT2D eigenvalue weighted by atomic mass is 32.1. The second kappa shape index (κ2) is 8.19. The third-order valence-electron chi connectivity index (χ3n) is 3.46. The fraction of sp³-hybridized carbons (Fsp3) is 0.533. The van der Waals surface area contributed by atoms with Crippen LogP contribution in [0, 0.1) is 5.92 Å². The number of imidazole rings is 1. The number of aromatic amines is 1. The predicted octanol–water partition coefficient (Wildman–Crippen LogP) is 1.00. The first kappa shape index (κ1) is 17.6. The van der Waals surface area contributed by atoms with Crippen LogP contribution < -0.4 is 11.1 Å². The number of aliphatic hydroxyl groups is 1. The molecule has 8 heteroatoms. The molecule has 2 aromatic rings. The summed E-state index contributed by atoms with van der Waals surface area (Å²) in [6, 6.07) is -1.13. The van der Waals surface area contributed by atoms with Gasteiger partial charge in [0.2, 0.25) is 5.91 Å². The van der Waals surface area contributed by atoms with Crippen molar-refractivity contribution >= 4 is 17.2 Å². The van der Waals surface area contributed by atoms with Crippen molar-refractivity contribution in [2.45, 2.75) is 44.9 Å². The third kappa shape index (κ3) is 5.12. The van der Waals surface area contributed by atoms with Gasteiger partial charge in [0.15, 0.2) is 0 Å². The molecule has 0 aliphatic heterocycles. The fourth-order valence-corrected chi connectivity index (χ4v) is 3.02. The van der Waals surface area contributed by atoms with Crippen LogP contribution in [0.2, 0.25) is 0 Å². The summed E-state index contributed by atoms with van der Waals surface area (Å²) < 4.78 is 0. The number of carbonyl (C=O) groups excluding carboxylic acids is 1. The molecule has 0 unspecified atom stereocenters. The summed E-state index contributed by atoms with van der Waals surface area (Å²) in [5.41, 5.74) is 6.68. The summed E-state index contributed by atoms with van der Waals surface area (Å²) in [4.78, 5) is 23.4. The van der Waals surface area contributed by atoms with Crippen LogP contribution in [0.1, 0.15) is 37.1 Å². The lowest BCUT2D eigenvalue weighted by Gasteiger charge is -2.25. The number of carbonyl (C=O) groups is 1. The Morgan fingerprint density at radius 1 is 1.48 bits per heavy atom. The van der Waals surface area contributed by atoms with Crippen LogP contribution in [0.15, 0.2) is 24.1 Å². The lowest BCUT2D eigenvalue weighted by atomic mass is 9.98. The van der Waals surface area contributed by atoms with Gasteiger partial charge in [-0.2, -0.15) is 0 Å². The van der Waals surface area contributed by atoms with Crippen molar-refractivity contribution in [3.8, 4) is 0 Å². The normalized spacial score (nSPS) is 15.3. The van der Waals surface area contributed by atoms with Crippen molar-refractivity contribution in [3.63, 3.8) is 0 Å². The van der Waals surface area contributed by atoms with E-state index in [2.05, 4.69) is 20.3 Å². The number of nitrogens with zero attached hydrogens (tertiary/aromatic N) is 2. The van der Waals surface area contributed by atoms with Crippen LogP contribution >= 0.6 is 11.3 Å². The van der Waals surface area contributed by atoms with Crippen molar-refractivity contribution in [3.05, 3.63) is 34.8 Å². The summed E-state index contributed by atoms with van der Waals surface area (Å²) in [7, 11) is 0. The van der Waals surface area contributed by atoms with Crippen molar-refractivity contribution in [1.29, 1.82) is 0 Å². The minimum Gasteiger partial charge on any atom is -0.384 e. The highest BCUT2D eigenvalue weighted by Crippen LogP contribution is 2.23. The molecule has 7 nitrogen and oxygen atoms in total. The Kier molecular flexibility index (Phi) is 6.26. The summed E-state index contributed by atoms with van der Waals surface area (Å²) in [5.74, 6) is 0.0201. The molecule has 126 valence electrons. The van der Waals surface area contributed by atoms with E-state index < -0.39 is 18.2 Å². The first-order valence-electron chi connectivity index (χ1n) is 7.58. The molecule has 2 rings (SSSR count). The molecule has 0 radical (unpaired) electrons.